The summed E-state index contributed by atoms with van der Waals surface area (Å²) >= 11 is 1.33. The number of hydrogen-bond donors (Lipinski definition) is 0. The van der Waals surface area contributed by atoms with Crippen molar-refractivity contribution in [2.24, 2.45) is 18.0 Å². The van der Waals surface area contributed by atoms with E-state index in [1.165, 1.54) is 11.3 Å². The molecule has 7 heteroatoms. The molecule has 124 valence electrons. The summed E-state index contributed by atoms with van der Waals surface area (Å²) in [6.07, 6.45) is 1.79. The molecule has 0 bridgehead atoms. The van der Waals surface area contributed by atoms with Gasteiger partial charge >= 0.3 is 0 Å². The largest absolute Gasteiger partial charge is 0.327 e. The molecule has 1 aromatic carbocycles. The molecular formula is C17H17N3O3S. The third-order valence-corrected chi connectivity index (χ3v) is 4.80. The maximum Gasteiger partial charge on any atom is 0.271 e. The van der Waals surface area contributed by atoms with Crippen molar-refractivity contribution < 1.29 is 14.4 Å². The molecule has 1 aliphatic rings. The number of thiazole rings is 1. The number of amides is 3. The molecule has 1 aromatic heterocycles. The smallest absolute Gasteiger partial charge is 0.271 e. The third-order valence-electron chi connectivity index (χ3n) is 3.95. The minimum absolute atomic E-state index is 0.242. The summed E-state index contributed by atoms with van der Waals surface area (Å²) in [4.78, 5) is 43.7. The van der Waals surface area contributed by atoms with Crippen LogP contribution in [-0.2, 0) is 11.8 Å². The Labute approximate surface area is 143 Å². The summed E-state index contributed by atoms with van der Waals surface area (Å²) in [5.41, 5.74) is 0.672. The number of benzene rings is 1. The number of hydrogen-bond acceptors (Lipinski definition) is 4. The van der Waals surface area contributed by atoms with Gasteiger partial charge in [0.05, 0.1) is 11.1 Å². The fraction of sp³-hybridized carbons (Fsp3) is 0.294. The van der Waals surface area contributed by atoms with Crippen molar-refractivity contribution in [3.63, 3.8) is 0 Å². The second kappa shape index (κ2) is 6.16. The zero-order valence-corrected chi connectivity index (χ0v) is 14.4. The van der Waals surface area contributed by atoms with Crippen LogP contribution in [0.3, 0.4) is 0 Å². The van der Waals surface area contributed by atoms with Crippen molar-refractivity contribution in [3.05, 3.63) is 51.8 Å². The van der Waals surface area contributed by atoms with Crippen molar-refractivity contribution in [1.29, 1.82) is 0 Å². The molecule has 2 heterocycles. The minimum atomic E-state index is -0.917. The maximum absolute atomic E-state index is 12.7. The standard InChI is InChI=1S/C17H17N3O3S/c1-10(2)13(14(21)18-17-19(3)8-9-24-17)20-15(22)11-6-4-5-7-12(11)16(20)23/h4-10,13H,1-3H3. The number of imide groups is 1. The van der Waals surface area contributed by atoms with Crippen LogP contribution in [0.15, 0.2) is 40.8 Å². The van der Waals surface area contributed by atoms with E-state index in [9.17, 15) is 14.4 Å². The van der Waals surface area contributed by atoms with Crippen LogP contribution in [0.1, 0.15) is 34.6 Å². The first-order valence-electron chi connectivity index (χ1n) is 7.57. The lowest BCUT2D eigenvalue weighted by molar-refractivity contribution is -0.123. The molecule has 0 saturated heterocycles. The van der Waals surface area contributed by atoms with Crippen LogP contribution in [0.4, 0.5) is 0 Å². The lowest BCUT2D eigenvalue weighted by atomic mass is 10.0. The molecule has 1 atom stereocenters. The molecule has 1 unspecified atom stereocenters. The van der Waals surface area contributed by atoms with Gasteiger partial charge in [0, 0.05) is 18.6 Å². The molecule has 0 aliphatic carbocycles. The van der Waals surface area contributed by atoms with Crippen molar-refractivity contribution >= 4 is 29.1 Å². The second-order valence-electron chi connectivity index (χ2n) is 5.96. The van der Waals surface area contributed by atoms with Gasteiger partial charge in [-0.15, -0.1) is 11.3 Å². The van der Waals surface area contributed by atoms with Gasteiger partial charge in [0.15, 0.2) is 4.80 Å². The van der Waals surface area contributed by atoms with Crippen LogP contribution in [0.25, 0.3) is 0 Å². The molecule has 24 heavy (non-hydrogen) atoms. The molecular weight excluding hydrogens is 326 g/mol. The van der Waals surface area contributed by atoms with Gasteiger partial charge in [0.2, 0.25) is 0 Å². The maximum atomic E-state index is 12.7. The number of aromatic nitrogens is 1. The van der Waals surface area contributed by atoms with E-state index in [-0.39, 0.29) is 5.92 Å². The van der Waals surface area contributed by atoms with Gasteiger partial charge in [-0.25, -0.2) is 0 Å². The Balaban J connectivity index is 2.02. The number of nitrogens with zero attached hydrogens (tertiary/aromatic N) is 3. The topological polar surface area (TPSA) is 71.7 Å². The average Bonchev–Trinajstić information content (AvgIpc) is 3.05. The third kappa shape index (κ3) is 2.60. The quantitative estimate of drug-likeness (QED) is 0.798. The van der Waals surface area contributed by atoms with E-state index in [1.807, 2.05) is 5.38 Å². The summed E-state index contributed by atoms with van der Waals surface area (Å²) in [5.74, 6) is -1.60. The van der Waals surface area contributed by atoms with Gasteiger partial charge in [-0.05, 0) is 18.1 Å². The van der Waals surface area contributed by atoms with E-state index < -0.39 is 23.8 Å². The summed E-state index contributed by atoms with van der Waals surface area (Å²) < 4.78 is 1.72. The molecule has 3 rings (SSSR count). The summed E-state index contributed by atoms with van der Waals surface area (Å²) in [6.45, 7) is 3.60. The predicted octanol–water partition coefficient (Wildman–Crippen LogP) is 1.83. The number of rotatable bonds is 3. The normalized spacial score (nSPS) is 16.0. The highest BCUT2D eigenvalue weighted by molar-refractivity contribution is 7.07. The first-order valence-corrected chi connectivity index (χ1v) is 8.45. The Hall–Kier alpha value is -2.54. The molecule has 1 aliphatic heterocycles. The average molecular weight is 343 g/mol. The van der Waals surface area contributed by atoms with Gasteiger partial charge in [-0.2, -0.15) is 4.99 Å². The van der Waals surface area contributed by atoms with Crippen LogP contribution < -0.4 is 4.80 Å². The molecule has 3 amide bonds. The SMILES string of the molecule is CC(C)C(C(=O)N=c1sccn1C)N1C(=O)c2ccccc2C1=O. The fourth-order valence-electron chi connectivity index (χ4n) is 2.75. The Morgan fingerprint density at radius 3 is 2.17 bits per heavy atom. The first-order chi connectivity index (χ1) is 11.4. The summed E-state index contributed by atoms with van der Waals surface area (Å²) in [7, 11) is 1.79. The van der Waals surface area contributed by atoms with Crippen molar-refractivity contribution in [3.8, 4) is 0 Å². The molecule has 6 nitrogen and oxygen atoms in total. The van der Waals surface area contributed by atoms with E-state index in [0.29, 0.717) is 15.9 Å². The summed E-state index contributed by atoms with van der Waals surface area (Å²) in [5, 5.41) is 1.82. The molecule has 0 N–H and O–H groups in total. The zero-order valence-electron chi connectivity index (χ0n) is 13.6. The number of fused-ring (bicyclic) bond motifs is 1. The van der Waals surface area contributed by atoms with Crippen molar-refractivity contribution in [2.45, 2.75) is 19.9 Å². The molecule has 2 aromatic rings. The Kier molecular flexibility index (Phi) is 4.19. The fourth-order valence-corrected chi connectivity index (χ4v) is 3.48. The monoisotopic (exact) mass is 343 g/mol. The van der Waals surface area contributed by atoms with Crippen LogP contribution in [0, 0.1) is 5.92 Å². The van der Waals surface area contributed by atoms with E-state index in [1.54, 1.807) is 55.9 Å². The highest BCUT2D eigenvalue weighted by atomic mass is 32.1. The van der Waals surface area contributed by atoms with E-state index in [4.69, 9.17) is 0 Å². The minimum Gasteiger partial charge on any atom is -0.327 e. The second-order valence-corrected chi connectivity index (χ2v) is 6.83. The number of carbonyl (C=O) groups is 3. The molecule has 0 saturated carbocycles. The molecule has 0 spiro atoms. The Bertz CT molecular complexity index is 859. The van der Waals surface area contributed by atoms with Crippen molar-refractivity contribution in [1.82, 2.24) is 9.47 Å². The van der Waals surface area contributed by atoms with Crippen molar-refractivity contribution in [2.75, 3.05) is 0 Å². The van der Waals surface area contributed by atoms with Crippen LogP contribution in [0.2, 0.25) is 0 Å². The first kappa shape index (κ1) is 16.3. The number of aryl methyl sites for hydroxylation is 1. The highest BCUT2D eigenvalue weighted by Crippen LogP contribution is 2.27. The van der Waals surface area contributed by atoms with Crippen LogP contribution in [0.5, 0.6) is 0 Å². The van der Waals surface area contributed by atoms with Gasteiger partial charge in [-0.3, -0.25) is 19.3 Å². The lowest BCUT2D eigenvalue weighted by Crippen LogP contribution is -2.47. The van der Waals surface area contributed by atoms with Crippen LogP contribution in [-0.4, -0.2) is 33.2 Å². The molecule has 0 fully saturated rings. The highest BCUT2D eigenvalue weighted by Gasteiger charge is 2.43. The van der Waals surface area contributed by atoms with Gasteiger partial charge in [0.25, 0.3) is 17.7 Å². The molecule has 0 radical (unpaired) electrons. The van der Waals surface area contributed by atoms with E-state index in [0.717, 1.165) is 4.90 Å². The van der Waals surface area contributed by atoms with E-state index >= 15 is 0 Å². The van der Waals surface area contributed by atoms with Gasteiger partial charge in [0.1, 0.15) is 6.04 Å². The Morgan fingerprint density at radius 2 is 1.71 bits per heavy atom. The Morgan fingerprint density at radius 1 is 1.12 bits per heavy atom. The van der Waals surface area contributed by atoms with E-state index in [2.05, 4.69) is 4.99 Å². The van der Waals surface area contributed by atoms with Gasteiger partial charge < -0.3 is 4.57 Å². The van der Waals surface area contributed by atoms with Crippen LogP contribution >= 0.6 is 11.3 Å². The van der Waals surface area contributed by atoms with Gasteiger partial charge in [-0.1, -0.05) is 26.0 Å². The lowest BCUT2D eigenvalue weighted by Gasteiger charge is -2.26. The summed E-state index contributed by atoms with van der Waals surface area (Å²) in [6, 6.07) is 5.70. The predicted molar refractivity (Wildman–Crippen MR) is 89.4 cm³/mol. The number of carbonyl (C=O) groups excluding carboxylic acids is 3. The zero-order chi connectivity index (χ0) is 17.4.